The molecule has 10 heteroatoms. The highest BCUT2D eigenvalue weighted by Crippen LogP contribution is 2.39. The molecule has 0 unspecified atom stereocenters. The van der Waals surface area contributed by atoms with Crippen LogP contribution in [0.4, 0.5) is 4.79 Å². The fourth-order valence-electron chi connectivity index (χ4n) is 4.68. The molecule has 3 aromatic carbocycles. The van der Waals surface area contributed by atoms with E-state index in [2.05, 4.69) is 10.6 Å². The topological polar surface area (TPSA) is 126 Å². The standard InChI is InChI=1S/C32H38N2O7S/c1-2-39-30(37)19-34-32(38)33-18-26-5-3-4-6-28(26)23-11-13-25(14-12-23)31-40-27(21-42-16-15-35)17-29(41-31)24-9-7-22(20-36)8-10-24/h3-14,27,29,31,35-36H,2,15-21H2,1H3,(H2,33,34,38)/t27-,29+,31+/m0/s1. The second kappa shape index (κ2) is 16.3. The molecule has 0 spiro atoms. The smallest absolute Gasteiger partial charge is 0.325 e. The van der Waals surface area contributed by atoms with E-state index in [0.717, 1.165) is 39.1 Å². The third-order valence-corrected chi connectivity index (χ3v) is 7.88. The number of benzene rings is 3. The highest BCUT2D eigenvalue weighted by Gasteiger charge is 2.32. The normalized spacial score (nSPS) is 18.3. The van der Waals surface area contributed by atoms with Crippen molar-refractivity contribution < 1.29 is 34.0 Å². The molecule has 0 radical (unpaired) electrons. The number of nitrogens with one attached hydrogen (secondary N) is 2. The monoisotopic (exact) mass is 594 g/mol. The number of aliphatic hydroxyl groups is 2. The summed E-state index contributed by atoms with van der Waals surface area (Å²) in [6.07, 6.45) is -0.0869. The van der Waals surface area contributed by atoms with Crippen LogP contribution in [0.25, 0.3) is 11.1 Å². The van der Waals surface area contributed by atoms with Crippen LogP contribution in [0.1, 0.15) is 48.0 Å². The van der Waals surface area contributed by atoms with Crippen LogP contribution in [0.2, 0.25) is 0 Å². The first-order valence-electron chi connectivity index (χ1n) is 14.1. The number of carbonyl (C=O) groups excluding carboxylic acids is 2. The van der Waals surface area contributed by atoms with Crippen molar-refractivity contribution >= 4 is 23.8 Å². The lowest BCUT2D eigenvalue weighted by molar-refractivity contribution is -0.245. The average molecular weight is 595 g/mol. The van der Waals surface area contributed by atoms with Crippen LogP contribution < -0.4 is 10.6 Å². The Hall–Kier alpha value is -3.41. The van der Waals surface area contributed by atoms with Gasteiger partial charge in [-0.1, -0.05) is 72.8 Å². The molecule has 1 fully saturated rings. The van der Waals surface area contributed by atoms with Crippen molar-refractivity contribution in [1.82, 2.24) is 10.6 Å². The molecular weight excluding hydrogens is 556 g/mol. The Bertz CT molecular complexity index is 1290. The zero-order valence-electron chi connectivity index (χ0n) is 23.7. The summed E-state index contributed by atoms with van der Waals surface area (Å²) in [5.41, 5.74) is 5.64. The van der Waals surface area contributed by atoms with Crippen molar-refractivity contribution in [3.8, 4) is 11.1 Å². The average Bonchev–Trinajstić information content (AvgIpc) is 3.03. The number of rotatable bonds is 13. The molecule has 4 rings (SSSR count). The third-order valence-electron chi connectivity index (χ3n) is 6.80. The molecule has 9 nitrogen and oxygen atoms in total. The van der Waals surface area contributed by atoms with Crippen LogP contribution in [0.15, 0.2) is 72.8 Å². The van der Waals surface area contributed by atoms with Gasteiger partial charge in [0.1, 0.15) is 6.54 Å². The van der Waals surface area contributed by atoms with Crippen LogP contribution in [-0.2, 0) is 32.2 Å². The largest absolute Gasteiger partial charge is 0.465 e. The van der Waals surface area contributed by atoms with E-state index in [0.29, 0.717) is 12.2 Å². The summed E-state index contributed by atoms with van der Waals surface area (Å²) in [4.78, 5) is 23.7. The number of hydrogen-bond donors (Lipinski definition) is 4. The number of amides is 2. The second-order valence-corrected chi connectivity index (χ2v) is 10.9. The Kier molecular flexibility index (Phi) is 12.2. The van der Waals surface area contributed by atoms with E-state index < -0.39 is 18.3 Å². The van der Waals surface area contributed by atoms with Crippen LogP contribution in [0.5, 0.6) is 0 Å². The zero-order valence-corrected chi connectivity index (χ0v) is 24.5. The van der Waals surface area contributed by atoms with Crippen molar-refractivity contribution in [2.24, 2.45) is 0 Å². The number of esters is 1. The fraction of sp³-hybridized carbons (Fsp3) is 0.375. The summed E-state index contributed by atoms with van der Waals surface area (Å²) in [6.45, 7) is 2.18. The molecule has 4 N–H and O–H groups in total. The first-order valence-corrected chi connectivity index (χ1v) is 15.2. The highest BCUT2D eigenvalue weighted by molar-refractivity contribution is 7.99. The van der Waals surface area contributed by atoms with Crippen LogP contribution >= 0.6 is 11.8 Å². The maximum atomic E-state index is 12.2. The molecule has 0 aromatic heterocycles. The van der Waals surface area contributed by atoms with E-state index in [1.165, 1.54) is 0 Å². The number of aliphatic hydroxyl groups excluding tert-OH is 2. The molecule has 1 aliphatic rings. The number of ether oxygens (including phenoxy) is 3. The van der Waals surface area contributed by atoms with E-state index in [-0.39, 0.29) is 45.1 Å². The van der Waals surface area contributed by atoms with Gasteiger partial charge in [-0.2, -0.15) is 11.8 Å². The number of hydrogen-bond acceptors (Lipinski definition) is 8. The van der Waals surface area contributed by atoms with E-state index in [4.69, 9.17) is 14.2 Å². The Balaban J connectivity index is 1.45. The molecule has 2 amide bonds. The SMILES string of the molecule is CCOC(=O)CNC(=O)NCc1ccccc1-c1ccc([C@@H]2O[C@H](CSCCO)C[C@H](c3ccc(CO)cc3)O2)cc1. The van der Waals surface area contributed by atoms with Gasteiger partial charge in [-0.15, -0.1) is 0 Å². The lowest BCUT2D eigenvalue weighted by Crippen LogP contribution is -2.38. The predicted octanol–water partition coefficient (Wildman–Crippen LogP) is 4.48. The van der Waals surface area contributed by atoms with Crippen LogP contribution in [0.3, 0.4) is 0 Å². The maximum absolute atomic E-state index is 12.2. The van der Waals surface area contributed by atoms with Crippen molar-refractivity contribution in [3.05, 3.63) is 95.1 Å². The van der Waals surface area contributed by atoms with Gasteiger partial charge in [-0.3, -0.25) is 4.79 Å². The fourth-order valence-corrected chi connectivity index (χ4v) is 5.45. The summed E-state index contributed by atoms with van der Waals surface area (Å²) in [6, 6.07) is 23.1. The van der Waals surface area contributed by atoms with Gasteiger partial charge >= 0.3 is 12.0 Å². The van der Waals surface area contributed by atoms with Crippen molar-refractivity contribution in [1.29, 1.82) is 0 Å². The zero-order chi connectivity index (χ0) is 29.7. The second-order valence-electron chi connectivity index (χ2n) is 9.77. The Morgan fingerprint density at radius 3 is 2.40 bits per heavy atom. The predicted molar refractivity (Wildman–Crippen MR) is 162 cm³/mol. The van der Waals surface area contributed by atoms with Gasteiger partial charge < -0.3 is 35.1 Å². The highest BCUT2D eigenvalue weighted by atomic mass is 32.2. The van der Waals surface area contributed by atoms with E-state index in [1.54, 1.807) is 18.7 Å². The van der Waals surface area contributed by atoms with E-state index in [1.807, 2.05) is 72.8 Å². The molecule has 224 valence electrons. The van der Waals surface area contributed by atoms with Gasteiger partial charge in [0.2, 0.25) is 0 Å². The summed E-state index contributed by atoms with van der Waals surface area (Å²) < 4.78 is 17.6. The minimum Gasteiger partial charge on any atom is -0.465 e. The Morgan fingerprint density at radius 1 is 0.952 bits per heavy atom. The maximum Gasteiger partial charge on any atom is 0.325 e. The molecule has 1 heterocycles. The molecule has 3 aromatic rings. The minimum absolute atomic E-state index is 0.00775. The number of urea groups is 1. The van der Waals surface area contributed by atoms with Crippen molar-refractivity contribution in [3.63, 3.8) is 0 Å². The van der Waals surface area contributed by atoms with Gasteiger partial charge in [0, 0.05) is 30.0 Å². The molecule has 1 aliphatic heterocycles. The summed E-state index contributed by atoms with van der Waals surface area (Å²) >= 11 is 1.65. The minimum atomic E-state index is -0.560. The lowest BCUT2D eigenvalue weighted by atomic mass is 9.98. The van der Waals surface area contributed by atoms with E-state index in [9.17, 15) is 19.8 Å². The van der Waals surface area contributed by atoms with Crippen LogP contribution in [-0.4, -0.2) is 59.6 Å². The number of carbonyl (C=O) groups is 2. The molecule has 0 saturated carbocycles. The molecule has 0 bridgehead atoms. The third kappa shape index (κ3) is 9.04. The summed E-state index contributed by atoms with van der Waals surface area (Å²) in [7, 11) is 0. The molecule has 0 aliphatic carbocycles. The molecule has 1 saturated heterocycles. The van der Waals surface area contributed by atoms with Gasteiger partial charge in [0.25, 0.3) is 0 Å². The lowest BCUT2D eigenvalue weighted by Gasteiger charge is -2.36. The van der Waals surface area contributed by atoms with Gasteiger partial charge in [-0.25, -0.2) is 4.79 Å². The Morgan fingerprint density at radius 2 is 1.69 bits per heavy atom. The molecule has 42 heavy (non-hydrogen) atoms. The first-order chi connectivity index (χ1) is 20.5. The van der Waals surface area contributed by atoms with Crippen molar-refractivity contribution in [2.75, 3.05) is 31.3 Å². The number of thioether (sulfide) groups is 1. The van der Waals surface area contributed by atoms with E-state index >= 15 is 0 Å². The summed E-state index contributed by atoms with van der Waals surface area (Å²) in [5.74, 6) is 0.912. The molecular formula is C32H38N2O7S. The van der Waals surface area contributed by atoms with Gasteiger partial charge in [0.05, 0.1) is 32.0 Å². The van der Waals surface area contributed by atoms with Crippen molar-refractivity contribution in [2.45, 2.75) is 45.0 Å². The van der Waals surface area contributed by atoms with Gasteiger partial charge in [0.15, 0.2) is 6.29 Å². The van der Waals surface area contributed by atoms with Crippen LogP contribution in [0, 0.1) is 0 Å². The summed E-state index contributed by atoms with van der Waals surface area (Å²) in [5, 5.41) is 23.9. The molecule has 3 atom stereocenters. The first kappa shape index (κ1) is 31.5. The Labute approximate surface area is 250 Å². The van der Waals surface area contributed by atoms with Gasteiger partial charge in [-0.05, 0) is 34.7 Å². The quantitative estimate of drug-likeness (QED) is 0.169.